The van der Waals surface area contributed by atoms with E-state index < -0.39 is 0 Å². The Morgan fingerprint density at radius 3 is 2.72 bits per heavy atom. The molecule has 0 spiro atoms. The quantitative estimate of drug-likeness (QED) is 0.863. The minimum absolute atomic E-state index is 0.155. The number of rotatable bonds is 3. The van der Waals surface area contributed by atoms with Crippen molar-refractivity contribution in [2.24, 2.45) is 7.05 Å². The van der Waals surface area contributed by atoms with E-state index in [-0.39, 0.29) is 5.56 Å². The van der Waals surface area contributed by atoms with E-state index in [1.807, 2.05) is 6.92 Å². The lowest BCUT2D eigenvalue weighted by atomic mass is 10.2. The fourth-order valence-corrected chi connectivity index (χ4v) is 1.93. The smallest absolute Gasteiger partial charge is 0.262 e. The number of hydrogen-bond donors (Lipinski definition) is 1. The standard InChI is InChI=1S/C12H14N2O3S/c1-4-17-10-5-7-8(6-9(10)16-3)13-12(18)14(2)11(7)15/h5-6H,4H2,1-3H3,(H,13,18). The number of methoxy groups -OCH3 is 1. The maximum absolute atomic E-state index is 12.1. The van der Waals surface area contributed by atoms with Crippen LogP contribution in [-0.2, 0) is 7.05 Å². The van der Waals surface area contributed by atoms with Crippen LogP contribution in [0.25, 0.3) is 10.9 Å². The molecule has 0 saturated heterocycles. The Balaban J connectivity index is 2.84. The summed E-state index contributed by atoms with van der Waals surface area (Å²) in [6, 6.07) is 3.39. The zero-order valence-electron chi connectivity index (χ0n) is 10.4. The van der Waals surface area contributed by atoms with E-state index >= 15 is 0 Å². The van der Waals surface area contributed by atoms with Crippen molar-refractivity contribution in [2.75, 3.05) is 13.7 Å². The number of fused-ring (bicyclic) bond motifs is 1. The summed E-state index contributed by atoms with van der Waals surface area (Å²) in [5.74, 6) is 1.12. The van der Waals surface area contributed by atoms with Gasteiger partial charge in [0.2, 0.25) is 0 Å². The normalized spacial score (nSPS) is 10.6. The highest BCUT2D eigenvalue weighted by atomic mass is 32.1. The van der Waals surface area contributed by atoms with Gasteiger partial charge in [-0.15, -0.1) is 0 Å². The van der Waals surface area contributed by atoms with Gasteiger partial charge >= 0.3 is 0 Å². The van der Waals surface area contributed by atoms with Gasteiger partial charge in [0.05, 0.1) is 24.6 Å². The lowest BCUT2D eigenvalue weighted by molar-refractivity contribution is 0.311. The van der Waals surface area contributed by atoms with Gasteiger partial charge in [0.1, 0.15) is 0 Å². The molecule has 0 atom stereocenters. The van der Waals surface area contributed by atoms with Gasteiger partial charge in [-0.05, 0) is 25.2 Å². The number of aromatic nitrogens is 2. The molecular weight excluding hydrogens is 252 g/mol. The number of hydrogen-bond acceptors (Lipinski definition) is 4. The predicted molar refractivity (Wildman–Crippen MR) is 72.1 cm³/mol. The van der Waals surface area contributed by atoms with Crippen LogP contribution in [0.2, 0.25) is 0 Å². The summed E-state index contributed by atoms with van der Waals surface area (Å²) in [7, 11) is 3.19. The largest absolute Gasteiger partial charge is 0.493 e. The molecule has 5 nitrogen and oxygen atoms in total. The number of aromatic amines is 1. The Labute approximate surface area is 109 Å². The second-order valence-electron chi connectivity index (χ2n) is 3.78. The zero-order valence-corrected chi connectivity index (χ0v) is 11.3. The Morgan fingerprint density at radius 2 is 2.11 bits per heavy atom. The first-order chi connectivity index (χ1) is 8.58. The van der Waals surface area contributed by atoms with E-state index in [0.717, 1.165) is 0 Å². The van der Waals surface area contributed by atoms with E-state index in [4.69, 9.17) is 21.7 Å². The van der Waals surface area contributed by atoms with Crippen molar-refractivity contribution in [3.8, 4) is 11.5 Å². The fraction of sp³-hybridized carbons (Fsp3) is 0.333. The fourth-order valence-electron chi connectivity index (χ4n) is 1.74. The molecule has 1 N–H and O–H groups in total. The number of benzene rings is 1. The van der Waals surface area contributed by atoms with Crippen LogP contribution < -0.4 is 15.0 Å². The molecule has 1 heterocycles. The second kappa shape index (κ2) is 4.81. The van der Waals surface area contributed by atoms with E-state index in [1.165, 1.54) is 4.57 Å². The first-order valence-electron chi connectivity index (χ1n) is 5.52. The van der Waals surface area contributed by atoms with E-state index in [1.54, 1.807) is 26.3 Å². The number of nitrogens with one attached hydrogen (secondary N) is 1. The molecule has 2 aromatic rings. The van der Waals surface area contributed by atoms with Crippen molar-refractivity contribution in [1.82, 2.24) is 9.55 Å². The van der Waals surface area contributed by atoms with Crippen molar-refractivity contribution in [3.05, 3.63) is 27.3 Å². The highest BCUT2D eigenvalue weighted by Gasteiger charge is 2.10. The molecule has 0 bridgehead atoms. The summed E-state index contributed by atoms with van der Waals surface area (Å²) >= 11 is 5.07. The molecule has 0 amide bonds. The van der Waals surface area contributed by atoms with Crippen LogP contribution in [0.15, 0.2) is 16.9 Å². The topological polar surface area (TPSA) is 56.2 Å². The van der Waals surface area contributed by atoms with E-state index in [0.29, 0.717) is 33.8 Å². The van der Waals surface area contributed by atoms with Crippen molar-refractivity contribution >= 4 is 23.1 Å². The maximum Gasteiger partial charge on any atom is 0.262 e. The van der Waals surface area contributed by atoms with Gasteiger partial charge < -0.3 is 14.5 Å². The predicted octanol–water partition coefficient (Wildman–Crippen LogP) is 2.00. The summed E-state index contributed by atoms with van der Waals surface area (Å²) in [6.07, 6.45) is 0. The summed E-state index contributed by atoms with van der Waals surface area (Å²) in [5, 5.41) is 0.523. The molecule has 6 heteroatoms. The molecule has 1 aromatic carbocycles. The number of H-pyrrole nitrogens is 1. The van der Waals surface area contributed by atoms with Crippen LogP contribution in [0.1, 0.15) is 6.92 Å². The van der Waals surface area contributed by atoms with Crippen molar-refractivity contribution in [2.45, 2.75) is 6.92 Å². The second-order valence-corrected chi connectivity index (χ2v) is 4.16. The lowest BCUT2D eigenvalue weighted by Gasteiger charge is -2.11. The van der Waals surface area contributed by atoms with Crippen LogP contribution in [0.3, 0.4) is 0 Å². The Kier molecular flexibility index (Phi) is 3.38. The van der Waals surface area contributed by atoms with Crippen LogP contribution in [0.5, 0.6) is 11.5 Å². The summed E-state index contributed by atoms with van der Waals surface area (Å²) in [5.41, 5.74) is 0.487. The van der Waals surface area contributed by atoms with Gasteiger partial charge in [-0.3, -0.25) is 9.36 Å². The number of ether oxygens (including phenoxy) is 2. The molecule has 0 aliphatic rings. The first kappa shape index (κ1) is 12.6. The Hall–Kier alpha value is -1.82. The molecule has 18 heavy (non-hydrogen) atoms. The summed E-state index contributed by atoms with van der Waals surface area (Å²) < 4.78 is 12.4. The summed E-state index contributed by atoms with van der Waals surface area (Å²) in [4.78, 5) is 15.1. The zero-order chi connectivity index (χ0) is 13.3. The third kappa shape index (κ3) is 1.99. The van der Waals surface area contributed by atoms with Crippen LogP contribution in [0.4, 0.5) is 0 Å². The Bertz CT molecular complexity index is 703. The monoisotopic (exact) mass is 266 g/mol. The van der Waals surface area contributed by atoms with Crippen LogP contribution >= 0.6 is 12.2 Å². The molecular formula is C12H14N2O3S. The molecule has 0 aliphatic heterocycles. The van der Waals surface area contributed by atoms with Gasteiger partial charge in [0.15, 0.2) is 16.3 Å². The molecule has 0 aliphatic carbocycles. The molecule has 2 rings (SSSR count). The minimum atomic E-state index is -0.155. The average Bonchev–Trinajstić information content (AvgIpc) is 2.37. The van der Waals surface area contributed by atoms with Gasteiger partial charge in [-0.1, -0.05) is 0 Å². The minimum Gasteiger partial charge on any atom is -0.493 e. The van der Waals surface area contributed by atoms with Gasteiger partial charge in [0.25, 0.3) is 5.56 Å². The Morgan fingerprint density at radius 1 is 1.39 bits per heavy atom. The number of nitrogens with zero attached hydrogens (tertiary/aromatic N) is 1. The lowest BCUT2D eigenvalue weighted by Crippen LogP contribution is -2.18. The first-order valence-corrected chi connectivity index (χ1v) is 5.93. The van der Waals surface area contributed by atoms with E-state index in [9.17, 15) is 4.79 Å². The molecule has 0 saturated carbocycles. The van der Waals surface area contributed by atoms with Crippen LogP contribution in [0, 0.1) is 4.77 Å². The molecule has 1 aromatic heterocycles. The van der Waals surface area contributed by atoms with Gasteiger partial charge in [-0.2, -0.15) is 0 Å². The highest BCUT2D eigenvalue weighted by molar-refractivity contribution is 7.71. The van der Waals surface area contributed by atoms with Gasteiger partial charge in [-0.25, -0.2) is 0 Å². The third-order valence-corrected chi connectivity index (χ3v) is 3.06. The van der Waals surface area contributed by atoms with E-state index in [2.05, 4.69) is 4.98 Å². The average molecular weight is 266 g/mol. The van der Waals surface area contributed by atoms with Crippen molar-refractivity contribution in [3.63, 3.8) is 0 Å². The highest BCUT2D eigenvalue weighted by Crippen LogP contribution is 2.30. The SMILES string of the molecule is CCOc1cc2c(=O)n(C)c(=S)[nH]c2cc1OC. The summed E-state index contributed by atoms with van der Waals surface area (Å²) in [6.45, 7) is 2.38. The molecule has 0 radical (unpaired) electrons. The molecule has 0 fully saturated rings. The van der Waals surface area contributed by atoms with Crippen molar-refractivity contribution in [1.29, 1.82) is 0 Å². The van der Waals surface area contributed by atoms with Crippen molar-refractivity contribution < 1.29 is 9.47 Å². The maximum atomic E-state index is 12.1. The van der Waals surface area contributed by atoms with Gasteiger partial charge in [0, 0.05) is 13.1 Å². The third-order valence-electron chi connectivity index (χ3n) is 2.68. The van der Waals surface area contributed by atoms with Crippen LogP contribution in [-0.4, -0.2) is 23.3 Å². The molecule has 96 valence electrons. The molecule has 0 unspecified atom stereocenters.